The third kappa shape index (κ3) is 3.49. The quantitative estimate of drug-likeness (QED) is 0.845. The first-order valence-corrected chi connectivity index (χ1v) is 6.16. The van der Waals surface area contributed by atoms with Crippen LogP contribution in [0.4, 0.5) is 0 Å². The summed E-state index contributed by atoms with van der Waals surface area (Å²) in [6.07, 6.45) is 2.65. The molecule has 0 amide bonds. The van der Waals surface area contributed by atoms with E-state index in [1.54, 1.807) is 0 Å². The summed E-state index contributed by atoms with van der Waals surface area (Å²) in [6, 6.07) is 7.76. The van der Waals surface area contributed by atoms with Crippen LogP contribution in [0.5, 0.6) is 5.75 Å². The molecule has 1 aromatic rings. The number of hydrogen-bond acceptors (Lipinski definition) is 3. The molecule has 1 aliphatic rings. The largest absolute Gasteiger partial charge is 0.492 e. The van der Waals surface area contributed by atoms with Crippen molar-refractivity contribution in [1.29, 1.82) is 0 Å². The lowest BCUT2D eigenvalue weighted by Crippen LogP contribution is -2.25. The number of ether oxygens (including phenoxy) is 1. The second-order valence-corrected chi connectivity index (χ2v) is 4.45. The Morgan fingerprint density at radius 1 is 1.24 bits per heavy atom. The molecule has 3 heteroatoms. The van der Waals surface area contributed by atoms with Crippen molar-refractivity contribution in [3.63, 3.8) is 0 Å². The minimum Gasteiger partial charge on any atom is -0.492 e. The van der Waals surface area contributed by atoms with E-state index in [0.717, 1.165) is 24.5 Å². The molecule has 1 heterocycles. The van der Waals surface area contributed by atoms with Gasteiger partial charge in [0.2, 0.25) is 0 Å². The predicted octanol–water partition coefficient (Wildman–Crippen LogP) is 2.09. The normalized spacial score (nSPS) is 16.0. The van der Waals surface area contributed by atoms with Crippen LogP contribution in [-0.4, -0.2) is 31.1 Å². The molecule has 1 aromatic carbocycles. The molecule has 0 aliphatic carbocycles. The van der Waals surface area contributed by atoms with Gasteiger partial charge in [-0.25, -0.2) is 0 Å². The van der Waals surface area contributed by atoms with Gasteiger partial charge in [-0.15, -0.1) is 0 Å². The van der Waals surface area contributed by atoms with Crippen LogP contribution in [0.25, 0.3) is 5.70 Å². The van der Waals surface area contributed by atoms with Crippen LogP contribution in [0.15, 0.2) is 30.8 Å². The van der Waals surface area contributed by atoms with Crippen LogP contribution in [0.3, 0.4) is 0 Å². The van der Waals surface area contributed by atoms with E-state index in [4.69, 9.17) is 10.5 Å². The van der Waals surface area contributed by atoms with E-state index in [9.17, 15) is 0 Å². The number of nitrogens with zero attached hydrogens (tertiary/aromatic N) is 1. The second kappa shape index (κ2) is 5.73. The Hall–Kier alpha value is -1.48. The van der Waals surface area contributed by atoms with Crippen LogP contribution < -0.4 is 10.5 Å². The van der Waals surface area contributed by atoms with E-state index >= 15 is 0 Å². The molecule has 0 atom stereocenters. The van der Waals surface area contributed by atoms with Crippen molar-refractivity contribution in [3.8, 4) is 5.75 Å². The molecular weight excluding hydrogens is 212 g/mol. The van der Waals surface area contributed by atoms with Gasteiger partial charge in [0.05, 0.1) is 0 Å². The highest BCUT2D eigenvalue weighted by atomic mass is 16.5. The fourth-order valence-electron chi connectivity index (χ4n) is 2.06. The number of likely N-dealkylation sites (tertiary alicyclic amines) is 1. The molecule has 0 radical (unpaired) electrons. The van der Waals surface area contributed by atoms with E-state index in [1.807, 2.05) is 24.3 Å². The topological polar surface area (TPSA) is 38.5 Å². The molecule has 2 N–H and O–H groups in total. The molecule has 0 saturated carbocycles. The molecule has 0 spiro atoms. The zero-order chi connectivity index (χ0) is 12.1. The number of benzene rings is 1. The Labute approximate surface area is 103 Å². The summed E-state index contributed by atoms with van der Waals surface area (Å²) < 4.78 is 5.69. The second-order valence-electron chi connectivity index (χ2n) is 4.45. The minimum absolute atomic E-state index is 0.591. The Morgan fingerprint density at radius 3 is 2.47 bits per heavy atom. The summed E-state index contributed by atoms with van der Waals surface area (Å²) in [7, 11) is 0. The van der Waals surface area contributed by atoms with Gasteiger partial charge in [0.1, 0.15) is 12.4 Å². The highest BCUT2D eigenvalue weighted by Crippen LogP contribution is 2.15. The summed E-state index contributed by atoms with van der Waals surface area (Å²) in [5, 5.41) is 0. The first-order valence-electron chi connectivity index (χ1n) is 6.16. The lowest BCUT2D eigenvalue weighted by atomic mass is 10.2. The zero-order valence-corrected chi connectivity index (χ0v) is 10.2. The highest BCUT2D eigenvalue weighted by Gasteiger charge is 2.10. The van der Waals surface area contributed by atoms with E-state index in [1.165, 1.54) is 25.9 Å². The smallest absolute Gasteiger partial charge is 0.119 e. The molecule has 1 fully saturated rings. The number of rotatable bonds is 5. The average Bonchev–Trinajstić information content (AvgIpc) is 2.83. The fraction of sp³-hybridized carbons (Fsp3) is 0.429. The average molecular weight is 232 g/mol. The van der Waals surface area contributed by atoms with Gasteiger partial charge in [-0.05, 0) is 55.8 Å². The summed E-state index contributed by atoms with van der Waals surface area (Å²) in [5.74, 6) is 0.897. The first kappa shape index (κ1) is 12.0. The van der Waals surface area contributed by atoms with Crippen molar-refractivity contribution in [2.45, 2.75) is 12.8 Å². The van der Waals surface area contributed by atoms with E-state index < -0.39 is 0 Å². The molecule has 0 bridgehead atoms. The van der Waals surface area contributed by atoms with Crippen molar-refractivity contribution in [1.82, 2.24) is 4.90 Å². The van der Waals surface area contributed by atoms with Crippen molar-refractivity contribution in [2.24, 2.45) is 5.73 Å². The van der Waals surface area contributed by atoms with E-state index in [0.29, 0.717) is 5.70 Å². The maximum absolute atomic E-state index is 5.69. The van der Waals surface area contributed by atoms with Crippen LogP contribution in [0.1, 0.15) is 18.4 Å². The maximum atomic E-state index is 5.69. The van der Waals surface area contributed by atoms with Crippen LogP contribution in [0.2, 0.25) is 0 Å². The molecule has 0 aromatic heterocycles. The molecule has 1 saturated heterocycles. The lowest BCUT2D eigenvalue weighted by Gasteiger charge is -2.15. The Morgan fingerprint density at radius 2 is 1.88 bits per heavy atom. The zero-order valence-electron chi connectivity index (χ0n) is 10.2. The van der Waals surface area contributed by atoms with Crippen LogP contribution >= 0.6 is 0 Å². The van der Waals surface area contributed by atoms with Gasteiger partial charge in [0.15, 0.2) is 0 Å². The number of hydrogen-bond donors (Lipinski definition) is 1. The van der Waals surface area contributed by atoms with Crippen molar-refractivity contribution in [3.05, 3.63) is 36.4 Å². The van der Waals surface area contributed by atoms with Gasteiger partial charge >= 0.3 is 0 Å². The Kier molecular flexibility index (Phi) is 4.04. The van der Waals surface area contributed by atoms with Gasteiger partial charge in [0, 0.05) is 12.2 Å². The number of nitrogens with two attached hydrogens (primary N) is 1. The lowest BCUT2D eigenvalue weighted by molar-refractivity contribution is 0.238. The molecular formula is C14H20N2O. The van der Waals surface area contributed by atoms with Gasteiger partial charge in [0.25, 0.3) is 0 Å². The van der Waals surface area contributed by atoms with E-state index in [-0.39, 0.29) is 0 Å². The van der Waals surface area contributed by atoms with Gasteiger partial charge < -0.3 is 10.5 Å². The molecule has 92 valence electrons. The highest BCUT2D eigenvalue weighted by molar-refractivity contribution is 5.60. The predicted molar refractivity (Wildman–Crippen MR) is 70.8 cm³/mol. The van der Waals surface area contributed by atoms with Crippen molar-refractivity contribution in [2.75, 3.05) is 26.2 Å². The summed E-state index contributed by atoms with van der Waals surface area (Å²) in [5.41, 5.74) is 7.15. The molecule has 3 nitrogen and oxygen atoms in total. The molecule has 0 unspecified atom stereocenters. The molecule has 1 aliphatic heterocycles. The van der Waals surface area contributed by atoms with Gasteiger partial charge in [-0.3, -0.25) is 4.90 Å². The maximum Gasteiger partial charge on any atom is 0.119 e. The summed E-state index contributed by atoms with van der Waals surface area (Å²) >= 11 is 0. The minimum atomic E-state index is 0.591. The molecule has 2 rings (SSSR count). The summed E-state index contributed by atoms with van der Waals surface area (Å²) in [4.78, 5) is 2.44. The summed E-state index contributed by atoms with van der Waals surface area (Å²) in [6.45, 7) is 7.91. The van der Waals surface area contributed by atoms with Crippen molar-refractivity contribution >= 4 is 5.70 Å². The fourth-order valence-corrected chi connectivity index (χ4v) is 2.06. The monoisotopic (exact) mass is 232 g/mol. The third-order valence-corrected chi connectivity index (χ3v) is 3.10. The SMILES string of the molecule is C=C(N)c1ccc(OCCN2CCCC2)cc1. The Balaban J connectivity index is 1.76. The Bertz CT molecular complexity index is 366. The van der Waals surface area contributed by atoms with E-state index in [2.05, 4.69) is 11.5 Å². The van der Waals surface area contributed by atoms with Crippen LogP contribution in [0, 0.1) is 0 Å². The van der Waals surface area contributed by atoms with Crippen molar-refractivity contribution < 1.29 is 4.74 Å². The van der Waals surface area contributed by atoms with Gasteiger partial charge in [-0.1, -0.05) is 6.58 Å². The third-order valence-electron chi connectivity index (χ3n) is 3.10. The first-order chi connectivity index (χ1) is 8.25. The van der Waals surface area contributed by atoms with Crippen LogP contribution in [-0.2, 0) is 0 Å². The molecule has 17 heavy (non-hydrogen) atoms. The van der Waals surface area contributed by atoms with Gasteiger partial charge in [-0.2, -0.15) is 0 Å². The standard InChI is InChI=1S/C14H20N2O/c1-12(15)13-4-6-14(7-5-13)17-11-10-16-8-2-3-9-16/h4-7H,1-3,8-11,15H2.